The maximum Gasteiger partial charge on any atom is 0.273 e. The molecule has 10 heteroatoms. The highest BCUT2D eigenvalue weighted by Gasteiger charge is 2.33. The van der Waals surface area contributed by atoms with Crippen molar-refractivity contribution in [3.63, 3.8) is 0 Å². The molecule has 2 atom stereocenters. The van der Waals surface area contributed by atoms with Gasteiger partial charge in [0, 0.05) is 50.2 Å². The zero-order valence-corrected chi connectivity index (χ0v) is 19.8. The number of rotatable bonds is 5. The van der Waals surface area contributed by atoms with Gasteiger partial charge in [-0.05, 0) is 50.3 Å². The number of aromatic amines is 1. The maximum atomic E-state index is 14.6. The number of anilines is 1. The number of hydrogen-bond donors (Lipinski definition) is 2. The molecule has 0 radical (unpaired) electrons. The Morgan fingerprint density at radius 2 is 1.86 bits per heavy atom. The SMILES string of the molecule is O=C(NC1CC1)c1ncc(N2CCN([C@@H]3CC[C@@H](c4nc5ccc(F)cc5c(=O)[nH]4)C3)CC2)cc1F. The van der Waals surface area contributed by atoms with Crippen molar-refractivity contribution in [1.82, 2.24) is 25.2 Å². The highest BCUT2D eigenvalue weighted by molar-refractivity contribution is 5.93. The van der Waals surface area contributed by atoms with E-state index in [1.54, 1.807) is 12.3 Å². The Kier molecular flexibility index (Phi) is 5.91. The molecule has 2 N–H and O–H groups in total. The molecule has 1 aromatic carbocycles. The number of H-pyrrole nitrogens is 1. The standard InChI is InChI=1S/C26H28F2N6O2/c27-16-2-6-22-20(12-16)25(35)32-24(31-22)15-1-5-18(11-15)33-7-9-34(10-8-33)19-13-21(28)23(29-14-19)26(36)30-17-3-4-17/h2,6,12-15,17-18H,1,3-5,7-11H2,(H,30,36)(H,31,32,35)/t15-,18-/m1/s1. The van der Waals surface area contributed by atoms with Crippen LogP contribution in [0.15, 0.2) is 35.3 Å². The quantitative estimate of drug-likeness (QED) is 0.567. The monoisotopic (exact) mass is 494 g/mol. The molecule has 0 unspecified atom stereocenters. The van der Waals surface area contributed by atoms with E-state index < -0.39 is 17.5 Å². The number of benzene rings is 1. The Hall–Kier alpha value is -3.40. The minimum atomic E-state index is -0.591. The van der Waals surface area contributed by atoms with Crippen molar-refractivity contribution in [3.8, 4) is 0 Å². The van der Waals surface area contributed by atoms with Crippen LogP contribution in [-0.2, 0) is 0 Å². The lowest BCUT2D eigenvalue weighted by Crippen LogP contribution is -2.50. The lowest BCUT2D eigenvalue weighted by molar-refractivity contribution is 0.0941. The summed E-state index contributed by atoms with van der Waals surface area (Å²) in [5, 5.41) is 3.05. The van der Waals surface area contributed by atoms with Gasteiger partial charge in [-0.15, -0.1) is 0 Å². The Bertz CT molecular complexity index is 1370. The van der Waals surface area contributed by atoms with Crippen LogP contribution in [-0.4, -0.2) is 64.0 Å². The smallest absolute Gasteiger partial charge is 0.273 e. The summed E-state index contributed by atoms with van der Waals surface area (Å²) in [6.07, 6.45) is 6.30. The van der Waals surface area contributed by atoms with Gasteiger partial charge >= 0.3 is 0 Å². The molecular formula is C26H28F2N6O2. The molecule has 6 rings (SSSR count). The molecule has 3 aromatic rings. The molecule has 1 amide bonds. The van der Waals surface area contributed by atoms with Gasteiger partial charge < -0.3 is 15.2 Å². The zero-order chi connectivity index (χ0) is 24.8. The van der Waals surface area contributed by atoms with E-state index in [0.717, 1.165) is 58.3 Å². The molecule has 36 heavy (non-hydrogen) atoms. The van der Waals surface area contributed by atoms with Crippen molar-refractivity contribution in [2.45, 2.75) is 50.1 Å². The van der Waals surface area contributed by atoms with Gasteiger partial charge in [0.2, 0.25) is 0 Å². The van der Waals surface area contributed by atoms with Crippen molar-refractivity contribution in [3.05, 3.63) is 64.0 Å². The van der Waals surface area contributed by atoms with Gasteiger partial charge in [-0.2, -0.15) is 0 Å². The second-order valence-electron chi connectivity index (χ2n) is 10.1. The number of pyridine rings is 1. The van der Waals surface area contributed by atoms with Crippen LogP contribution in [0.25, 0.3) is 10.9 Å². The van der Waals surface area contributed by atoms with Gasteiger partial charge in [-0.3, -0.25) is 14.5 Å². The number of amides is 1. The number of carbonyl (C=O) groups is 1. The van der Waals surface area contributed by atoms with Crippen LogP contribution in [0.3, 0.4) is 0 Å². The molecule has 1 aliphatic heterocycles. The van der Waals surface area contributed by atoms with Gasteiger partial charge in [-0.1, -0.05) is 0 Å². The first-order valence-corrected chi connectivity index (χ1v) is 12.6. The van der Waals surface area contributed by atoms with Crippen molar-refractivity contribution < 1.29 is 13.6 Å². The summed E-state index contributed by atoms with van der Waals surface area (Å²) in [7, 11) is 0. The Labute approximate surface area is 206 Å². The van der Waals surface area contributed by atoms with E-state index in [-0.39, 0.29) is 28.6 Å². The predicted octanol–water partition coefficient (Wildman–Crippen LogP) is 2.95. The number of aromatic nitrogens is 3. The number of nitrogens with one attached hydrogen (secondary N) is 2. The second kappa shape index (κ2) is 9.24. The summed E-state index contributed by atoms with van der Waals surface area (Å²) in [5.41, 5.74) is 0.757. The number of fused-ring (bicyclic) bond motifs is 1. The lowest BCUT2D eigenvalue weighted by atomic mass is 10.1. The third-order valence-corrected chi connectivity index (χ3v) is 7.63. The zero-order valence-electron chi connectivity index (χ0n) is 19.8. The normalized spacial score (nSPS) is 22.8. The molecule has 1 saturated heterocycles. The molecule has 0 spiro atoms. The predicted molar refractivity (Wildman–Crippen MR) is 131 cm³/mol. The maximum absolute atomic E-state index is 14.6. The first kappa shape index (κ1) is 23.0. The Morgan fingerprint density at radius 3 is 2.61 bits per heavy atom. The summed E-state index contributed by atoms with van der Waals surface area (Å²) in [6.45, 7) is 3.16. The van der Waals surface area contributed by atoms with Crippen LogP contribution in [0.2, 0.25) is 0 Å². The fourth-order valence-corrected chi connectivity index (χ4v) is 5.45. The van der Waals surface area contributed by atoms with Gasteiger partial charge in [0.05, 0.1) is 22.8 Å². The van der Waals surface area contributed by atoms with Gasteiger partial charge in [0.15, 0.2) is 11.5 Å². The van der Waals surface area contributed by atoms with Crippen LogP contribution in [0, 0.1) is 11.6 Å². The number of hydrogen-bond acceptors (Lipinski definition) is 6. The summed E-state index contributed by atoms with van der Waals surface area (Å²) >= 11 is 0. The van der Waals surface area contributed by atoms with Crippen molar-refractivity contribution in [2.24, 2.45) is 0 Å². The molecule has 2 aliphatic carbocycles. The largest absolute Gasteiger partial charge is 0.368 e. The Balaban J connectivity index is 1.07. The van der Waals surface area contributed by atoms with Crippen molar-refractivity contribution >= 4 is 22.5 Å². The first-order chi connectivity index (χ1) is 17.4. The number of carbonyl (C=O) groups excluding carboxylic acids is 1. The molecule has 3 fully saturated rings. The highest BCUT2D eigenvalue weighted by atomic mass is 19.1. The number of piperazine rings is 1. The van der Waals surface area contributed by atoms with Crippen molar-refractivity contribution in [2.75, 3.05) is 31.1 Å². The first-order valence-electron chi connectivity index (χ1n) is 12.6. The molecule has 188 valence electrons. The molecule has 3 heterocycles. The average molecular weight is 495 g/mol. The summed E-state index contributed by atoms with van der Waals surface area (Å²) in [6, 6.07) is 6.05. The third kappa shape index (κ3) is 4.57. The van der Waals surface area contributed by atoms with Crippen LogP contribution >= 0.6 is 0 Å². The minimum Gasteiger partial charge on any atom is -0.368 e. The van der Waals surface area contributed by atoms with Crippen LogP contribution in [0.1, 0.15) is 54.3 Å². The van der Waals surface area contributed by atoms with Crippen LogP contribution in [0.4, 0.5) is 14.5 Å². The lowest BCUT2D eigenvalue weighted by Gasteiger charge is -2.39. The molecular weight excluding hydrogens is 466 g/mol. The summed E-state index contributed by atoms with van der Waals surface area (Å²) in [4.78, 5) is 40.8. The molecule has 2 saturated carbocycles. The highest BCUT2D eigenvalue weighted by Crippen LogP contribution is 2.36. The third-order valence-electron chi connectivity index (χ3n) is 7.63. The van der Waals surface area contributed by atoms with E-state index in [0.29, 0.717) is 23.1 Å². The van der Waals surface area contributed by atoms with Crippen LogP contribution in [0.5, 0.6) is 0 Å². The van der Waals surface area contributed by atoms with Crippen molar-refractivity contribution in [1.29, 1.82) is 0 Å². The van der Waals surface area contributed by atoms with E-state index >= 15 is 0 Å². The van der Waals surface area contributed by atoms with Gasteiger partial charge in [0.25, 0.3) is 11.5 Å². The number of halogens is 2. The van der Waals surface area contributed by atoms with Gasteiger partial charge in [-0.25, -0.2) is 18.7 Å². The molecule has 8 nitrogen and oxygen atoms in total. The van der Waals surface area contributed by atoms with E-state index in [2.05, 4.69) is 30.1 Å². The summed E-state index contributed by atoms with van der Waals surface area (Å²) < 4.78 is 28.1. The molecule has 3 aliphatic rings. The van der Waals surface area contributed by atoms with E-state index in [4.69, 9.17) is 0 Å². The van der Waals surface area contributed by atoms with Crippen LogP contribution < -0.4 is 15.8 Å². The van der Waals surface area contributed by atoms with E-state index in [9.17, 15) is 18.4 Å². The average Bonchev–Trinajstić information content (AvgIpc) is 3.55. The Morgan fingerprint density at radius 1 is 1.06 bits per heavy atom. The molecule has 0 bridgehead atoms. The molecule has 2 aromatic heterocycles. The topological polar surface area (TPSA) is 94.2 Å². The van der Waals surface area contributed by atoms with E-state index in [1.165, 1.54) is 18.2 Å². The fourth-order valence-electron chi connectivity index (χ4n) is 5.45. The summed E-state index contributed by atoms with van der Waals surface area (Å²) in [5.74, 6) is -0.658. The fraction of sp³-hybridized carbons (Fsp3) is 0.462. The van der Waals surface area contributed by atoms with Gasteiger partial charge in [0.1, 0.15) is 11.6 Å². The second-order valence-corrected chi connectivity index (χ2v) is 10.1. The minimum absolute atomic E-state index is 0.147. The number of nitrogens with zero attached hydrogens (tertiary/aromatic N) is 4. The van der Waals surface area contributed by atoms with E-state index in [1.807, 2.05) is 0 Å².